The number of aryl methyl sites for hydroxylation is 3. The van der Waals surface area contributed by atoms with Gasteiger partial charge in [0.1, 0.15) is 0 Å². The zero-order valence-electron chi connectivity index (χ0n) is 9.98. The van der Waals surface area contributed by atoms with E-state index in [0.29, 0.717) is 6.42 Å². The van der Waals surface area contributed by atoms with Gasteiger partial charge in [-0.2, -0.15) is 0 Å². The van der Waals surface area contributed by atoms with Crippen LogP contribution in [0.2, 0.25) is 0 Å². The molecule has 94 valence electrons. The first kappa shape index (κ1) is 12.6. The van der Waals surface area contributed by atoms with Crippen molar-refractivity contribution in [1.82, 2.24) is 0 Å². The number of hydrogen-bond donors (Lipinski definition) is 1. The van der Waals surface area contributed by atoms with Crippen molar-refractivity contribution in [3.63, 3.8) is 0 Å². The highest BCUT2D eigenvalue weighted by atomic mass is 32.2. The lowest BCUT2D eigenvalue weighted by Gasteiger charge is -2.05. The van der Waals surface area contributed by atoms with E-state index in [9.17, 15) is 8.42 Å². The van der Waals surface area contributed by atoms with Gasteiger partial charge in [0.25, 0.3) is 0 Å². The van der Waals surface area contributed by atoms with Gasteiger partial charge in [0, 0.05) is 6.54 Å². The molecular formula is C13H19NO2S. The van der Waals surface area contributed by atoms with Crippen LogP contribution < -0.4 is 5.73 Å². The summed E-state index contributed by atoms with van der Waals surface area (Å²) in [4.78, 5) is 0. The molecule has 1 aliphatic rings. The van der Waals surface area contributed by atoms with Crippen molar-refractivity contribution in [3.8, 4) is 0 Å². The molecule has 0 aliphatic heterocycles. The van der Waals surface area contributed by atoms with Crippen molar-refractivity contribution < 1.29 is 8.42 Å². The summed E-state index contributed by atoms with van der Waals surface area (Å²) in [7, 11) is -2.97. The molecule has 3 nitrogen and oxygen atoms in total. The highest BCUT2D eigenvalue weighted by Crippen LogP contribution is 2.23. The van der Waals surface area contributed by atoms with E-state index in [0.717, 1.165) is 12.0 Å². The SMILES string of the molecule is NCCS(=O)(=O)CCc1ccc2c(c1)CCC2. The van der Waals surface area contributed by atoms with E-state index in [1.165, 1.54) is 24.0 Å². The van der Waals surface area contributed by atoms with Crippen molar-refractivity contribution in [2.24, 2.45) is 5.73 Å². The van der Waals surface area contributed by atoms with Crippen LogP contribution >= 0.6 is 0 Å². The molecular weight excluding hydrogens is 234 g/mol. The van der Waals surface area contributed by atoms with E-state index in [1.54, 1.807) is 0 Å². The Hall–Kier alpha value is -0.870. The lowest BCUT2D eigenvalue weighted by atomic mass is 10.1. The molecule has 1 aliphatic carbocycles. The number of sulfone groups is 1. The van der Waals surface area contributed by atoms with Gasteiger partial charge in [0.15, 0.2) is 9.84 Å². The monoisotopic (exact) mass is 253 g/mol. The standard InChI is InChI=1S/C13H19NO2S/c14-7-9-17(15,16)8-6-11-4-5-12-2-1-3-13(12)10-11/h4-5,10H,1-3,6-9,14H2. The second kappa shape index (κ2) is 5.19. The Kier molecular flexibility index (Phi) is 3.84. The van der Waals surface area contributed by atoms with Crippen LogP contribution in [-0.2, 0) is 29.1 Å². The predicted molar refractivity (Wildman–Crippen MR) is 69.9 cm³/mol. The van der Waals surface area contributed by atoms with Gasteiger partial charge in [-0.25, -0.2) is 8.42 Å². The molecule has 0 saturated carbocycles. The number of benzene rings is 1. The molecule has 4 heteroatoms. The van der Waals surface area contributed by atoms with Gasteiger partial charge >= 0.3 is 0 Å². The molecule has 0 saturated heterocycles. The van der Waals surface area contributed by atoms with Crippen LogP contribution in [-0.4, -0.2) is 26.5 Å². The van der Waals surface area contributed by atoms with Gasteiger partial charge in [0.2, 0.25) is 0 Å². The molecule has 0 amide bonds. The van der Waals surface area contributed by atoms with Gasteiger partial charge in [-0.1, -0.05) is 18.2 Å². The molecule has 0 heterocycles. The molecule has 1 aromatic rings. The smallest absolute Gasteiger partial charge is 0.151 e. The van der Waals surface area contributed by atoms with Crippen LogP contribution in [0, 0.1) is 0 Å². The molecule has 2 N–H and O–H groups in total. The molecule has 1 aromatic carbocycles. The number of nitrogens with two attached hydrogens (primary N) is 1. The van der Waals surface area contributed by atoms with Crippen LogP contribution in [0.1, 0.15) is 23.1 Å². The molecule has 0 bridgehead atoms. The van der Waals surface area contributed by atoms with E-state index in [-0.39, 0.29) is 18.1 Å². The van der Waals surface area contributed by atoms with Gasteiger partial charge in [-0.05, 0) is 42.4 Å². The summed E-state index contributed by atoms with van der Waals surface area (Å²) >= 11 is 0. The summed E-state index contributed by atoms with van der Waals surface area (Å²) in [6, 6.07) is 6.37. The maximum absolute atomic E-state index is 11.6. The summed E-state index contributed by atoms with van der Waals surface area (Å²) in [5.41, 5.74) is 9.24. The van der Waals surface area contributed by atoms with E-state index in [1.807, 2.05) is 0 Å². The molecule has 2 rings (SSSR count). The van der Waals surface area contributed by atoms with Crippen LogP contribution in [0.3, 0.4) is 0 Å². The zero-order chi connectivity index (χ0) is 12.3. The third-order valence-electron chi connectivity index (χ3n) is 3.29. The maximum atomic E-state index is 11.6. The molecule has 0 radical (unpaired) electrons. The van der Waals surface area contributed by atoms with Crippen LogP contribution in [0.4, 0.5) is 0 Å². The first-order chi connectivity index (χ1) is 8.11. The molecule has 0 fully saturated rings. The molecule has 0 aromatic heterocycles. The fourth-order valence-corrected chi connectivity index (χ4v) is 3.45. The second-order valence-electron chi connectivity index (χ2n) is 4.65. The summed E-state index contributed by atoms with van der Waals surface area (Å²) in [6.07, 6.45) is 4.14. The van der Waals surface area contributed by atoms with Crippen molar-refractivity contribution in [2.75, 3.05) is 18.1 Å². The zero-order valence-corrected chi connectivity index (χ0v) is 10.8. The van der Waals surface area contributed by atoms with Crippen molar-refractivity contribution in [2.45, 2.75) is 25.7 Å². The van der Waals surface area contributed by atoms with Gasteiger partial charge in [0.05, 0.1) is 11.5 Å². The van der Waals surface area contributed by atoms with Crippen LogP contribution in [0.25, 0.3) is 0 Å². The molecule has 17 heavy (non-hydrogen) atoms. The highest BCUT2D eigenvalue weighted by molar-refractivity contribution is 7.91. The van der Waals surface area contributed by atoms with Crippen molar-refractivity contribution in [1.29, 1.82) is 0 Å². The Labute approximate surface area is 103 Å². The minimum absolute atomic E-state index is 0.0952. The van der Waals surface area contributed by atoms with Crippen molar-refractivity contribution >= 4 is 9.84 Å². The summed E-state index contributed by atoms with van der Waals surface area (Å²) < 4.78 is 23.1. The summed E-state index contributed by atoms with van der Waals surface area (Å²) in [5, 5.41) is 0. The lowest BCUT2D eigenvalue weighted by molar-refractivity contribution is 0.595. The Morgan fingerprint density at radius 3 is 2.65 bits per heavy atom. The average Bonchev–Trinajstić information content (AvgIpc) is 2.73. The van der Waals surface area contributed by atoms with Gasteiger partial charge < -0.3 is 5.73 Å². The minimum atomic E-state index is -2.97. The van der Waals surface area contributed by atoms with E-state index in [4.69, 9.17) is 5.73 Å². The van der Waals surface area contributed by atoms with E-state index >= 15 is 0 Å². The molecule has 0 unspecified atom stereocenters. The minimum Gasteiger partial charge on any atom is -0.329 e. The molecule has 0 atom stereocenters. The quantitative estimate of drug-likeness (QED) is 0.854. The number of fused-ring (bicyclic) bond motifs is 1. The Morgan fingerprint density at radius 1 is 1.12 bits per heavy atom. The second-order valence-corrected chi connectivity index (χ2v) is 6.95. The van der Waals surface area contributed by atoms with Crippen molar-refractivity contribution in [3.05, 3.63) is 34.9 Å². The first-order valence-electron chi connectivity index (χ1n) is 6.12. The normalized spacial score (nSPS) is 14.9. The maximum Gasteiger partial charge on any atom is 0.151 e. The first-order valence-corrected chi connectivity index (χ1v) is 7.94. The Morgan fingerprint density at radius 2 is 1.88 bits per heavy atom. The van der Waals surface area contributed by atoms with E-state index < -0.39 is 9.84 Å². The highest BCUT2D eigenvalue weighted by Gasteiger charge is 2.13. The largest absolute Gasteiger partial charge is 0.329 e. The van der Waals surface area contributed by atoms with Gasteiger partial charge in [-0.3, -0.25) is 0 Å². The Bertz CT molecular complexity index is 494. The van der Waals surface area contributed by atoms with Crippen LogP contribution in [0.15, 0.2) is 18.2 Å². The fourth-order valence-electron chi connectivity index (χ4n) is 2.34. The van der Waals surface area contributed by atoms with Gasteiger partial charge in [-0.15, -0.1) is 0 Å². The Balaban J connectivity index is 2.00. The third kappa shape index (κ3) is 3.30. The average molecular weight is 253 g/mol. The summed E-state index contributed by atoms with van der Waals surface area (Å²) in [5.74, 6) is 0.306. The predicted octanol–water partition coefficient (Wildman–Crippen LogP) is 1.09. The molecule has 0 spiro atoms. The van der Waals surface area contributed by atoms with Crippen LogP contribution in [0.5, 0.6) is 0 Å². The number of hydrogen-bond acceptors (Lipinski definition) is 3. The third-order valence-corrected chi connectivity index (χ3v) is 4.98. The topological polar surface area (TPSA) is 60.2 Å². The lowest BCUT2D eigenvalue weighted by Crippen LogP contribution is -2.19. The van der Waals surface area contributed by atoms with E-state index in [2.05, 4.69) is 18.2 Å². The fraction of sp³-hybridized carbons (Fsp3) is 0.538. The summed E-state index contributed by atoms with van der Waals surface area (Å²) in [6.45, 7) is 0.215. The number of rotatable bonds is 5.